The van der Waals surface area contributed by atoms with E-state index >= 15 is 0 Å². The molecule has 0 unspecified atom stereocenters. The summed E-state index contributed by atoms with van der Waals surface area (Å²) in [5, 5.41) is 4.06. The summed E-state index contributed by atoms with van der Waals surface area (Å²) in [4.78, 5) is 2.52. The molecule has 20 heavy (non-hydrogen) atoms. The molecule has 0 spiro atoms. The maximum absolute atomic E-state index is 5.79. The van der Waals surface area contributed by atoms with E-state index in [0.29, 0.717) is 6.61 Å². The summed E-state index contributed by atoms with van der Waals surface area (Å²) in [6, 6.07) is 8.79. The van der Waals surface area contributed by atoms with E-state index in [1.807, 2.05) is 10.8 Å². The molecule has 1 aromatic carbocycles. The van der Waals surface area contributed by atoms with Gasteiger partial charge in [-0.1, -0.05) is 24.3 Å². The fourth-order valence-corrected chi connectivity index (χ4v) is 3.80. The van der Waals surface area contributed by atoms with E-state index in [4.69, 9.17) is 4.74 Å². The van der Waals surface area contributed by atoms with Crippen LogP contribution in [0.4, 0.5) is 0 Å². The molecule has 2 nitrogen and oxygen atoms in total. The molecule has 2 aromatic rings. The second-order valence-electron chi connectivity index (χ2n) is 5.17. The van der Waals surface area contributed by atoms with Gasteiger partial charge in [-0.3, -0.25) is 4.90 Å². The van der Waals surface area contributed by atoms with Gasteiger partial charge < -0.3 is 4.74 Å². The van der Waals surface area contributed by atoms with Gasteiger partial charge in [-0.05, 0) is 53.0 Å². The van der Waals surface area contributed by atoms with Crippen LogP contribution in [0.25, 0.3) is 0 Å². The minimum Gasteiger partial charge on any atom is -0.487 e. The summed E-state index contributed by atoms with van der Waals surface area (Å²) in [6.45, 7) is 4.20. The highest BCUT2D eigenvalue weighted by Gasteiger charge is 2.11. The molecule has 0 amide bonds. The second-order valence-corrected chi connectivity index (χ2v) is 6.77. The first-order valence-electron chi connectivity index (χ1n) is 6.96. The molecule has 0 saturated carbocycles. The Kier molecular flexibility index (Phi) is 4.76. The van der Waals surface area contributed by atoms with Gasteiger partial charge in [0.15, 0.2) is 0 Å². The number of benzene rings is 1. The van der Waals surface area contributed by atoms with Crippen LogP contribution in [-0.4, -0.2) is 18.0 Å². The maximum atomic E-state index is 5.79. The predicted molar refractivity (Wildman–Crippen MR) is 87.3 cm³/mol. The van der Waals surface area contributed by atoms with Crippen LogP contribution in [-0.2, 0) is 13.2 Å². The molecule has 1 saturated heterocycles. The molecule has 1 aromatic heterocycles. The Bertz CT molecular complexity index is 546. The molecule has 3 rings (SSSR count). The predicted octanol–water partition coefficient (Wildman–Crippen LogP) is 4.69. The highest BCUT2D eigenvalue weighted by atomic mass is 79.9. The number of halogens is 1. The van der Waals surface area contributed by atoms with Crippen molar-refractivity contribution in [1.82, 2.24) is 4.90 Å². The van der Waals surface area contributed by atoms with Gasteiger partial charge in [0.1, 0.15) is 12.4 Å². The lowest BCUT2D eigenvalue weighted by Gasteiger charge is -2.14. The zero-order valence-corrected chi connectivity index (χ0v) is 13.8. The minimum absolute atomic E-state index is 0.624. The van der Waals surface area contributed by atoms with Gasteiger partial charge >= 0.3 is 0 Å². The van der Waals surface area contributed by atoms with Gasteiger partial charge in [0.2, 0.25) is 0 Å². The van der Waals surface area contributed by atoms with Crippen molar-refractivity contribution in [2.75, 3.05) is 13.1 Å². The standard InChI is InChI=1S/C16H18BrNOS/c17-15-11-20-12-16(15)19-10-14-5-3-13(4-6-14)9-18-7-1-2-8-18/h3-6,11-12H,1-2,7-10H2. The molecule has 0 bridgehead atoms. The Morgan fingerprint density at radius 1 is 1.05 bits per heavy atom. The van der Waals surface area contributed by atoms with Crippen LogP contribution in [0.2, 0.25) is 0 Å². The monoisotopic (exact) mass is 351 g/mol. The zero-order chi connectivity index (χ0) is 13.8. The zero-order valence-electron chi connectivity index (χ0n) is 11.3. The first kappa shape index (κ1) is 14.1. The fraction of sp³-hybridized carbons (Fsp3) is 0.375. The van der Waals surface area contributed by atoms with Gasteiger partial charge in [-0.2, -0.15) is 0 Å². The number of hydrogen-bond acceptors (Lipinski definition) is 3. The third-order valence-corrected chi connectivity index (χ3v) is 5.25. The Hall–Kier alpha value is -0.840. The highest BCUT2D eigenvalue weighted by Crippen LogP contribution is 2.29. The largest absolute Gasteiger partial charge is 0.487 e. The lowest BCUT2D eigenvalue weighted by Crippen LogP contribution is -2.18. The van der Waals surface area contributed by atoms with Crippen LogP contribution in [0, 0.1) is 0 Å². The van der Waals surface area contributed by atoms with Crippen LogP contribution in [0.3, 0.4) is 0 Å². The van der Waals surface area contributed by atoms with Gasteiger partial charge in [-0.15, -0.1) is 11.3 Å². The lowest BCUT2D eigenvalue weighted by molar-refractivity contribution is 0.305. The second kappa shape index (κ2) is 6.74. The van der Waals surface area contributed by atoms with Crippen molar-refractivity contribution < 1.29 is 4.74 Å². The average molecular weight is 352 g/mol. The molecule has 1 aliphatic heterocycles. The summed E-state index contributed by atoms with van der Waals surface area (Å²) < 4.78 is 6.82. The van der Waals surface area contributed by atoms with Crippen molar-refractivity contribution in [2.24, 2.45) is 0 Å². The molecule has 106 valence electrons. The Labute approximate surface area is 132 Å². The van der Waals surface area contributed by atoms with Gasteiger partial charge in [0.25, 0.3) is 0 Å². The lowest BCUT2D eigenvalue weighted by atomic mass is 10.1. The van der Waals surface area contributed by atoms with Gasteiger partial charge in [-0.25, -0.2) is 0 Å². The molecule has 2 heterocycles. The molecule has 1 fully saturated rings. The molecule has 0 N–H and O–H groups in total. The van der Waals surface area contributed by atoms with E-state index in [1.54, 1.807) is 11.3 Å². The summed E-state index contributed by atoms with van der Waals surface area (Å²) in [7, 11) is 0. The number of ether oxygens (including phenoxy) is 1. The van der Waals surface area contributed by atoms with Crippen molar-refractivity contribution in [3.8, 4) is 5.75 Å². The number of nitrogens with zero attached hydrogens (tertiary/aromatic N) is 1. The van der Waals surface area contributed by atoms with Crippen molar-refractivity contribution in [3.05, 3.63) is 50.6 Å². The third kappa shape index (κ3) is 3.62. The normalized spacial score (nSPS) is 15.7. The number of hydrogen-bond donors (Lipinski definition) is 0. The van der Waals surface area contributed by atoms with Crippen molar-refractivity contribution in [3.63, 3.8) is 0 Å². The van der Waals surface area contributed by atoms with Crippen LogP contribution < -0.4 is 4.74 Å². The van der Waals surface area contributed by atoms with Crippen LogP contribution in [0.15, 0.2) is 39.5 Å². The Balaban J connectivity index is 1.54. The van der Waals surface area contributed by atoms with E-state index in [0.717, 1.165) is 16.8 Å². The van der Waals surface area contributed by atoms with Crippen LogP contribution in [0.1, 0.15) is 24.0 Å². The summed E-state index contributed by atoms with van der Waals surface area (Å²) in [5.41, 5.74) is 2.61. The number of likely N-dealkylation sites (tertiary alicyclic amines) is 1. The van der Waals surface area contributed by atoms with Crippen molar-refractivity contribution >= 4 is 27.3 Å². The smallest absolute Gasteiger partial charge is 0.144 e. The first-order chi connectivity index (χ1) is 9.81. The quantitative estimate of drug-likeness (QED) is 0.774. The summed E-state index contributed by atoms with van der Waals surface area (Å²) in [6.07, 6.45) is 2.70. The molecule has 0 atom stereocenters. The molecule has 1 aliphatic rings. The van der Waals surface area contributed by atoms with Crippen LogP contribution in [0.5, 0.6) is 5.75 Å². The fourth-order valence-electron chi connectivity index (χ4n) is 2.47. The van der Waals surface area contributed by atoms with Crippen molar-refractivity contribution in [2.45, 2.75) is 26.0 Å². The Morgan fingerprint density at radius 2 is 1.75 bits per heavy atom. The molecular weight excluding hydrogens is 334 g/mol. The van der Waals surface area contributed by atoms with E-state index in [2.05, 4.69) is 45.1 Å². The molecule has 4 heteroatoms. The Morgan fingerprint density at radius 3 is 2.40 bits per heavy atom. The average Bonchev–Trinajstić information content (AvgIpc) is 3.10. The third-order valence-electron chi connectivity index (χ3n) is 3.60. The van der Waals surface area contributed by atoms with Gasteiger partial charge in [0.05, 0.1) is 4.47 Å². The number of rotatable bonds is 5. The molecule has 0 aliphatic carbocycles. The first-order valence-corrected chi connectivity index (χ1v) is 8.69. The van der Waals surface area contributed by atoms with Crippen LogP contribution >= 0.6 is 27.3 Å². The number of thiophene rings is 1. The summed E-state index contributed by atoms with van der Waals surface area (Å²) >= 11 is 5.12. The summed E-state index contributed by atoms with van der Waals surface area (Å²) in [5.74, 6) is 0.927. The van der Waals surface area contributed by atoms with Gasteiger partial charge in [0, 0.05) is 17.3 Å². The minimum atomic E-state index is 0.624. The SMILES string of the molecule is Brc1cscc1OCc1ccc(CN2CCCC2)cc1. The molecule has 0 radical (unpaired) electrons. The van der Waals surface area contributed by atoms with E-state index in [-0.39, 0.29) is 0 Å². The van der Waals surface area contributed by atoms with E-state index < -0.39 is 0 Å². The maximum Gasteiger partial charge on any atom is 0.144 e. The topological polar surface area (TPSA) is 12.5 Å². The molecular formula is C16H18BrNOS. The highest BCUT2D eigenvalue weighted by molar-refractivity contribution is 9.10. The van der Waals surface area contributed by atoms with E-state index in [1.165, 1.54) is 37.1 Å². The van der Waals surface area contributed by atoms with E-state index in [9.17, 15) is 0 Å². The van der Waals surface area contributed by atoms with Crippen molar-refractivity contribution in [1.29, 1.82) is 0 Å².